The Kier molecular flexibility index (Phi) is 5.85. The minimum Gasteiger partial charge on any atom is -0.479 e. The highest BCUT2D eigenvalue weighted by Gasteiger charge is 2.19. The van der Waals surface area contributed by atoms with Crippen LogP contribution >= 0.6 is 23.2 Å². The lowest BCUT2D eigenvalue weighted by Crippen LogP contribution is -2.37. The van der Waals surface area contributed by atoms with Gasteiger partial charge in [-0.3, -0.25) is 4.79 Å². The summed E-state index contributed by atoms with van der Waals surface area (Å²) in [5, 5.41) is 3.43. The van der Waals surface area contributed by atoms with E-state index in [1.165, 1.54) is 12.1 Å². The minimum absolute atomic E-state index is 0.264. The van der Waals surface area contributed by atoms with E-state index in [1.807, 2.05) is 6.92 Å². The molecule has 2 unspecified atom stereocenters. The zero-order chi connectivity index (χ0) is 17.0. The number of carbonyl (C=O) groups excluding carboxylic acids is 1. The van der Waals surface area contributed by atoms with Crippen molar-refractivity contribution in [2.75, 3.05) is 0 Å². The first-order valence-electron chi connectivity index (χ1n) is 7.05. The Labute approximate surface area is 144 Å². The fraction of sp³-hybridized carbons (Fsp3) is 0.235. The van der Waals surface area contributed by atoms with Crippen molar-refractivity contribution in [2.24, 2.45) is 0 Å². The van der Waals surface area contributed by atoms with Gasteiger partial charge in [-0.1, -0.05) is 41.4 Å². The van der Waals surface area contributed by atoms with Crippen molar-refractivity contribution >= 4 is 29.1 Å². The van der Waals surface area contributed by atoms with Gasteiger partial charge < -0.3 is 10.1 Å². The van der Waals surface area contributed by atoms with E-state index in [0.29, 0.717) is 10.8 Å². The molecule has 0 aromatic heterocycles. The molecule has 2 aromatic rings. The van der Waals surface area contributed by atoms with Crippen molar-refractivity contribution in [3.05, 3.63) is 63.9 Å². The first-order valence-corrected chi connectivity index (χ1v) is 7.80. The first kappa shape index (κ1) is 17.6. The molecule has 0 aliphatic rings. The van der Waals surface area contributed by atoms with Crippen LogP contribution in [-0.4, -0.2) is 12.0 Å². The van der Waals surface area contributed by atoms with Crippen molar-refractivity contribution < 1.29 is 13.9 Å². The van der Waals surface area contributed by atoms with Gasteiger partial charge in [-0.2, -0.15) is 0 Å². The lowest BCUT2D eigenvalue weighted by molar-refractivity contribution is -0.127. The maximum atomic E-state index is 12.9. The van der Waals surface area contributed by atoms with Crippen molar-refractivity contribution in [2.45, 2.75) is 26.0 Å². The van der Waals surface area contributed by atoms with E-state index in [1.54, 1.807) is 37.3 Å². The molecule has 2 aromatic carbocycles. The molecule has 0 heterocycles. The third-order valence-electron chi connectivity index (χ3n) is 3.32. The first-order chi connectivity index (χ1) is 10.9. The number of amides is 1. The maximum Gasteiger partial charge on any atom is 0.261 e. The lowest BCUT2D eigenvalue weighted by Gasteiger charge is -2.19. The average Bonchev–Trinajstić information content (AvgIpc) is 2.52. The number of benzene rings is 2. The normalized spacial score (nSPS) is 13.3. The predicted molar refractivity (Wildman–Crippen MR) is 89.5 cm³/mol. The molecular formula is C17H16Cl2FNO2. The fourth-order valence-corrected chi connectivity index (χ4v) is 2.32. The summed E-state index contributed by atoms with van der Waals surface area (Å²) >= 11 is 11.9. The summed E-state index contributed by atoms with van der Waals surface area (Å²) in [5.41, 5.74) is 0.799. The molecule has 0 aliphatic carbocycles. The van der Waals surface area contributed by atoms with Gasteiger partial charge >= 0.3 is 0 Å². The van der Waals surface area contributed by atoms with E-state index < -0.39 is 6.10 Å². The number of nitrogens with one attached hydrogen (secondary N) is 1. The Morgan fingerprint density at radius 2 is 1.78 bits per heavy atom. The summed E-state index contributed by atoms with van der Waals surface area (Å²) in [6.45, 7) is 3.42. The van der Waals surface area contributed by atoms with E-state index >= 15 is 0 Å². The molecule has 0 fully saturated rings. The molecule has 23 heavy (non-hydrogen) atoms. The lowest BCUT2D eigenvalue weighted by atomic mass is 10.1. The number of ether oxygens (including phenoxy) is 1. The van der Waals surface area contributed by atoms with Gasteiger partial charge in [0.25, 0.3) is 5.91 Å². The second-order valence-electron chi connectivity index (χ2n) is 5.09. The molecule has 0 saturated carbocycles. The molecule has 3 nitrogen and oxygen atoms in total. The molecule has 1 amide bonds. The van der Waals surface area contributed by atoms with Gasteiger partial charge in [-0.15, -0.1) is 0 Å². The molecule has 2 atom stereocenters. The van der Waals surface area contributed by atoms with Gasteiger partial charge in [0.15, 0.2) is 6.10 Å². The molecule has 1 N–H and O–H groups in total. The number of hydrogen-bond acceptors (Lipinski definition) is 2. The summed E-state index contributed by atoms with van der Waals surface area (Å²) in [6.07, 6.45) is -0.756. The van der Waals surface area contributed by atoms with Crippen LogP contribution < -0.4 is 10.1 Å². The molecular weight excluding hydrogens is 340 g/mol. The number of carbonyl (C=O) groups is 1. The fourth-order valence-electron chi connectivity index (χ4n) is 1.98. The minimum atomic E-state index is -0.756. The Balaban J connectivity index is 1.99. The summed E-state index contributed by atoms with van der Waals surface area (Å²) in [6, 6.07) is 10.6. The van der Waals surface area contributed by atoms with Gasteiger partial charge in [0.1, 0.15) is 16.6 Å². The van der Waals surface area contributed by atoms with E-state index in [2.05, 4.69) is 5.32 Å². The van der Waals surface area contributed by atoms with Crippen molar-refractivity contribution in [3.63, 3.8) is 0 Å². The van der Waals surface area contributed by atoms with Crippen LogP contribution in [-0.2, 0) is 4.79 Å². The van der Waals surface area contributed by atoms with E-state index in [-0.39, 0.29) is 22.8 Å². The van der Waals surface area contributed by atoms with Crippen molar-refractivity contribution in [3.8, 4) is 5.75 Å². The van der Waals surface area contributed by atoms with Gasteiger partial charge in [0.05, 0.1) is 11.1 Å². The van der Waals surface area contributed by atoms with Crippen LogP contribution in [0.25, 0.3) is 0 Å². The standard InChI is InChI=1S/C17H16Cl2FNO2/c1-10(12-6-8-13(20)9-7-12)21-17(22)11(2)23-15-5-3-4-14(18)16(15)19/h3-11H,1-2H3,(H,21,22). The van der Waals surface area contributed by atoms with Gasteiger partial charge in [-0.05, 0) is 43.7 Å². The van der Waals surface area contributed by atoms with Gasteiger partial charge in [-0.25, -0.2) is 4.39 Å². The van der Waals surface area contributed by atoms with Crippen LogP contribution in [0.4, 0.5) is 4.39 Å². The highest BCUT2D eigenvalue weighted by molar-refractivity contribution is 6.42. The monoisotopic (exact) mass is 355 g/mol. The number of rotatable bonds is 5. The summed E-state index contributed by atoms with van der Waals surface area (Å²) in [4.78, 5) is 12.2. The zero-order valence-electron chi connectivity index (χ0n) is 12.6. The smallest absolute Gasteiger partial charge is 0.261 e. The van der Waals surface area contributed by atoms with Crippen LogP contribution in [0.15, 0.2) is 42.5 Å². The number of halogens is 3. The molecule has 0 aliphatic heterocycles. The van der Waals surface area contributed by atoms with Gasteiger partial charge in [0.2, 0.25) is 0 Å². The Bertz CT molecular complexity index is 691. The summed E-state index contributed by atoms with van der Waals surface area (Å²) in [7, 11) is 0. The van der Waals surface area contributed by atoms with E-state index in [4.69, 9.17) is 27.9 Å². The quantitative estimate of drug-likeness (QED) is 0.838. The Hall–Kier alpha value is -1.78. The molecule has 122 valence electrons. The van der Waals surface area contributed by atoms with E-state index in [0.717, 1.165) is 5.56 Å². The van der Waals surface area contributed by atoms with E-state index in [9.17, 15) is 9.18 Å². The SMILES string of the molecule is CC(Oc1cccc(Cl)c1Cl)C(=O)NC(C)c1ccc(F)cc1. The zero-order valence-corrected chi connectivity index (χ0v) is 14.2. The van der Waals surface area contributed by atoms with Crippen LogP contribution in [0.5, 0.6) is 5.75 Å². The highest BCUT2D eigenvalue weighted by atomic mass is 35.5. The molecule has 0 saturated heterocycles. The topological polar surface area (TPSA) is 38.3 Å². The molecule has 0 radical (unpaired) electrons. The maximum absolute atomic E-state index is 12.9. The summed E-state index contributed by atoms with van der Waals surface area (Å²) in [5.74, 6) is -0.284. The average molecular weight is 356 g/mol. The molecule has 0 spiro atoms. The van der Waals surface area contributed by atoms with Crippen molar-refractivity contribution in [1.82, 2.24) is 5.32 Å². The van der Waals surface area contributed by atoms with Crippen molar-refractivity contribution in [1.29, 1.82) is 0 Å². The molecule has 6 heteroatoms. The summed E-state index contributed by atoms with van der Waals surface area (Å²) < 4.78 is 18.5. The predicted octanol–water partition coefficient (Wildman–Crippen LogP) is 4.78. The Morgan fingerprint density at radius 3 is 2.43 bits per heavy atom. The van der Waals surface area contributed by atoms with Gasteiger partial charge in [0, 0.05) is 0 Å². The number of hydrogen-bond donors (Lipinski definition) is 1. The Morgan fingerprint density at radius 1 is 1.13 bits per heavy atom. The second kappa shape index (κ2) is 7.66. The van der Waals surface area contributed by atoms with Crippen LogP contribution in [0.2, 0.25) is 10.0 Å². The molecule has 0 bridgehead atoms. The van der Waals surface area contributed by atoms with Crippen LogP contribution in [0, 0.1) is 5.82 Å². The third kappa shape index (κ3) is 4.60. The van der Waals surface area contributed by atoms with Crippen LogP contribution in [0.3, 0.4) is 0 Å². The molecule has 2 rings (SSSR count). The highest BCUT2D eigenvalue weighted by Crippen LogP contribution is 2.32. The second-order valence-corrected chi connectivity index (χ2v) is 5.88. The van der Waals surface area contributed by atoms with Crippen LogP contribution in [0.1, 0.15) is 25.5 Å². The largest absolute Gasteiger partial charge is 0.479 e. The third-order valence-corrected chi connectivity index (χ3v) is 4.12.